The molecule has 9 heteroatoms. The van der Waals surface area contributed by atoms with E-state index in [0.29, 0.717) is 15.8 Å². The van der Waals surface area contributed by atoms with Crippen molar-refractivity contribution in [3.8, 4) is 5.75 Å². The summed E-state index contributed by atoms with van der Waals surface area (Å²) in [7, 11) is 0. The van der Waals surface area contributed by atoms with Gasteiger partial charge in [-0.3, -0.25) is 4.79 Å². The van der Waals surface area contributed by atoms with E-state index in [2.05, 4.69) is 47.7 Å². The zero-order valence-corrected chi connectivity index (χ0v) is 20.7. The minimum Gasteiger partial charge on any atom is -0.486 e. The molecule has 3 aromatic rings. The Morgan fingerprint density at radius 1 is 1.03 bits per heavy atom. The van der Waals surface area contributed by atoms with Crippen LogP contribution in [0.5, 0.6) is 5.75 Å². The van der Waals surface area contributed by atoms with Gasteiger partial charge in [0, 0.05) is 21.3 Å². The van der Waals surface area contributed by atoms with Crippen molar-refractivity contribution in [2.24, 2.45) is 5.10 Å². The third-order valence-corrected chi connectivity index (χ3v) is 5.80. The molecule has 160 valence electrons. The van der Waals surface area contributed by atoms with Crippen molar-refractivity contribution in [1.82, 2.24) is 5.43 Å². The topological polar surface area (TPSA) is 62.7 Å². The molecule has 0 aromatic heterocycles. The van der Waals surface area contributed by atoms with E-state index in [-0.39, 0.29) is 19.1 Å². The number of para-hydroxylation sites is 1. The van der Waals surface area contributed by atoms with Crippen LogP contribution in [0.25, 0.3) is 0 Å². The van der Waals surface area contributed by atoms with Gasteiger partial charge in [0.2, 0.25) is 0 Å². The van der Waals surface area contributed by atoms with E-state index in [1.807, 2.05) is 48.5 Å². The minimum atomic E-state index is -0.252. The molecule has 0 radical (unpaired) electrons. The van der Waals surface area contributed by atoms with Crippen molar-refractivity contribution < 1.29 is 9.53 Å². The van der Waals surface area contributed by atoms with Crippen LogP contribution in [0.2, 0.25) is 10.0 Å². The van der Waals surface area contributed by atoms with E-state index in [1.54, 1.807) is 18.3 Å². The van der Waals surface area contributed by atoms with Crippen molar-refractivity contribution in [3.05, 3.63) is 90.8 Å². The first-order chi connectivity index (χ1) is 14.9. The van der Waals surface area contributed by atoms with E-state index in [9.17, 15) is 4.79 Å². The molecule has 0 saturated heterocycles. The third kappa shape index (κ3) is 7.25. The summed E-state index contributed by atoms with van der Waals surface area (Å²) in [6.45, 7) is 0.403. The number of halogens is 4. The highest BCUT2D eigenvalue weighted by molar-refractivity contribution is 9.11. The average molecular weight is 586 g/mol. The fraction of sp³-hybridized carbons (Fsp3) is 0.0909. The Morgan fingerprint density at radius 2 is 1.74 bits per heavy atom. The SMILES string of the molecule is O=C(CNc1ccccc1)N/N=C\c1cc(Br)c(OCc2ccc(Cl)cc2Cl)c(Br)c1. The first-order valence-corrected chi connectivity index (χ1v) is 11.4. The molecule has 0 spiro atoms. The van der Waals surface area contributed by atoms with Gasteiger partial charge in [-0.25, -0.2) is 5.43 Å². The smallest absolute Gasteiger partial charge is 0.259 e. The second-order valence-electron chi connectivity index (χ2n) is 6.35. The molecule has 0 aliphatic rings. The number of nitrogens with one attached hydrogen (secondary N) is 2. The lowest BCUT2D eigenvalue weighted by atomic mass is 10.2. The van der Waals surface area contributed by atoms with E-state index in [0.717, 1.165) is 25.8 Å². The highest BCUT2D eigenvalue weighted by atomic mass is 79.9. The summed E-state index contributed by atoms with van der Waals surface area (Å²) < 4.78 is 7.36. The van der Waals surface area contributed by atoms with Gasteiger partial charge in [-0.1, -0.05) is 47.5 Å². The first kappa shape index (κ1) is 23.6. The van der Waals surface area contributed by atoms with Crippen molar-refractivity contribution in [1.29, 1.82) is 0 Å². The molecule has 5 nitrogen and oxygen atoms in total. The number of nitrogens with zero attached hydrogens (tertiary/aromatic N) is 1. The minimum absolute atomic E-state index is 0.120. The zero-order chi connectivity index (χ0) is 22.2. The summed E-state index contributed by atoms with van der Waals surface area (Å²) in [6, 6.07) is 18.4. The van der Waals surface area contributed by atoms with Crippen LogP contribution in [0.15, 0.2) is 74.7 Å². The maximum atomic E-state index is 11.9. The van der Waals surface area contributed by atoms with E-state index < -0.39 is 0 Å². The Balaban J connectivity index is 1.56. The Kier molecular flexibility index (Phi) is 8.78. The summed E-state index contributed by atoms with van der Waals surface area (Å²) >= 11 is 19.1. The van der Waals surface area contributed by atoms with E-state index >= 15 is 0 Å². The molecule has 0 bridgehead atoms. The molecule has 3 rings (SSSR count). The summed E-state index contributed by atoms with van der Waals surface area (Å²) in [6.07, 6.45) is 1.55. The lowest BCUT2D eigenvalue weighted by Crippen LogP contribution is -2.25. The maximum Gasteiger partial charge on any atom is 0.259 e. The predicted octanol–water partition coefficient (Wildman–Crippen LogP) is 6.66. The van der Waals surface area contributed by atoms with Crippen LogP contribution in [0.1, 0.15) is 11.1 Å². The van der Waals surface area contributed by atoms with Crippen LogP contribution in [-0.2, 0) is 11.4 Å². The number of hydrogen-bond acceptors (Lipinski definition) is 4. The van der Waals surface area contributed by atoms with Crippen LogP contribution in [-0.4, -0.2) is 18.7 Å². The molecule has 0 fully saturated rings. The quantitative estimate of drug-likeness (QED) is 0.230. The molecule has 0 aliphatic heterocycles. The highest BCUT2D eigenvalue weighted by Gasteiger charge is 2.10. The maximum absolute atomic E-state index is 11.9. The number of rotatable bonds is 8. The van der Waals surface area contributed by atoms with Gasteiger partial charge >= 0.3 is 0 Å². The van der Waals surface area contributed by atoms with Crippen molar-refractivity contribution in [2.45, 2.75) is 6.61 Å². The Labute approximate surface area is 207 Å². The molecule has 3 aromatic carbocycles. The van der Waals surface area contributed by atoms with Gasteiger partial charge in [0.05, 0.1) is 21.7 Å². The second kappa shape index (κ2) is 11.5. The number of ether oxygens (including phenoxy) is 1. The Bertz CT molecular complexity index is 1070. The van der Waals surface area contributed by atoms with Gasteiger partial charge in [-0.2, -0.15) is 5.10 Å². The zero-order valence-electron chi connectivity index (χ0n) is 16.0. The summed E-state index contributed by atoms with van der Waals surface area (Å²) in [5.74, 6) is 0.372. The fourth-order valence-corrected chi connectivity index (χ4v) is 4.45. The summed E-state index contributed by atoms with van der Waals surface area (Å²) in [4.78, 5) is 11.9. The van der Waals surface area contributed by atoms with Crippen molar-refractivity contribution in [2.75, 3.05) is 11.9 Å². The van der Waals surface area contributed by atoms with Gasteiger partial charge in [0.15, 0.2) is 0 Å². The lowest BCUT2D eigenvalue weighted by molar-refractivity contribution is -0.119. The van der Waals surface area contributed by atoms with Crippen molar-refractivity contribution >= 4 is 72.9 Å². The third-order valence-electron chi connectivity index (χ3n) is 4.04. The normalized spacial score (nSPS) is 10.8. The Hall–Kier alpha value is -2.06. The number of hydrazone groups is 1. The molecule has 0 unspecified atom stereocenters. The number of benzene rings is 3. The monoisotopic (exact) mass is 583 g/mol. The van der Waals surface area contributed by atoms with Gasteiger partial charge in [0.1, 0.15) is 12.4 Å². The molecule has 0 heterocycles. The van der Waals surface area contributed by atoms with Crippen LogP contribution < -0.4 is 15.5 Å². The van der Waals surface area contributed by atoms with Gasteiger partial charge in [0.25, 0.3) is 5.91 Å². The predicted molar refractivity (Wildman–Crippen MR) is 133 cm³/mol. The number of carbonyl (C=O) groups excluding carboxylic acids is 1. The van der Waals surface area contributed by atoms with Crippen LogP contribution in [0, 0.1) is 0 Å². The van der Waals surface area contributed by atoms with Crippen molar-refractivity contribution in [3.63, 3.8) is 0 Å². The largest absolute Gasteiger partial charge is 0.486 e. The Morgan fingerprint density at radius 3 is 2.42 bits per heavy atom. The van der Waals surface area contributed by atoms with E-state index in [4.69, 9.17) is 27.9 Å². The molecular formula is C22H17Br2Cl2N3O2. The number of anilines is 1. The second-order valence-corrected chi connectivity index (χ2v) is 8.90. The molecule has 0 atom stereocenters. The molecular weight excluding hydrogens is 569 g/mol. The summed E-state index contributed by atoms with van der Waals surface area (Å²) in [5, 5.41) is 8.14. The van der Waals surface area contributed by atoms with E-state index in [1.165, 1.54) is 0 Å². The molecule has 31 heavy (non-hydrogen) atoms. The molecule has 1 amide bonds. The fourth-order valence-electron chi connectivity index (χ4n) is 2.54. The van der Waals surface area contributed by atoms with Gasteiger partial charge in [-0.05, 0) is 73.8 Å². The number of amides is 1. The molecule has 0 saturated carbocycles. The summed E-state index contributed by atoms with van der Waals surface area (Å²) in [5.41, 5.74) is 4.95. The first-order valence-electron chi connectivity index (χ1n) is 9.09. The van der Waals surface area contributed by atoms with Gasteiger partial charge in [-0.15, -0.1) is 0 Å². The lowest BCUT2D eigenvalue weighted by Gasteiger charge is -2.12. The number of hydrogen-bond donors (Lipinski definition) is 2. The standard InChI is InChI=1S/C22H17Br2Cl2N3O2/c23-18-8-14(11-28-29-21(30)12-27-17-4-2-1-3-5-17)9-19(24)22(18)31-13-15-6-7-16(25)10-20(15)26/h1-11,27H,12-13H2,(H,29,30)/b28-11-. The average Bonchev–Trinajstić information content (AvgIpc) is 2.74. The molecule has 0 aliphatic carbocycles. The van der Waals surface area contributed by atoms with Crippen LogP contribution >= 0.6 is 55.1 Å². The van der Waals surface area contributed by atoms with Crippen LogP contribution in [0.4, 0.5) is 5.69 Å². The van der Waals surface area contributed by atoms with Crippen LogP contribution in [0.3, 0.4) is 0 Å². The number of carbonyl (C=O) groups is 1. The van der Waals surface area contributed by atoms with Gasteiger partial charge < -0.3 is 10.1 Å². The molecule has 2 N–H and O–H groups in total. The highest BCUT2D eigenvalue weighted by Crippen LogP contribution is 2.35.